The van der Waals surface area contributed by atoms with Gasteiger partial charge in [0, 0.05) is 17.9 Å². The van der Waals surface area contributed by atoms with Crippen molar-refractivity contribution < 1.29 is 23.8 Å². The predicted molar refractivity (Wildman–Crippen MR) is 112 cm³/mol. The van der Waals surface area contributed by atoms with E-state index < -0.39 is 11.9 Å². The van der Waals surface area contributed by atoms with Crippen molar-refractivity contribution in [2.24, 2.45) is 0 Å². The zero-order valence-corrected chi connectivity index (χ0v) is 16.7. The number of hydrogen-bond acceptors (Lipinski definition) is 3. The quantitative estimate of drug-likeness (QED) is 0.474. The van der Waals surface area contributed by atoms with Crippen LogP contribution in [0.1, 0.15) is 45.8 Å². The molecule has 1 atom stereocenters. The van der Waals surface area contributed by atoms with Gasteiger partial charge in [-0.1, -0.05) is 48.5 Å². The molecule has 0 aliphatic rings. The first-order chi connectivity index (χ1) is 14.4. The van der Waals surface area contributed by atoms with Gasteiger partial charge in [-0.25, -0.2) is 4.39 Å². The van der Waals surface area contributed by atoms with Gasteiger partial charge in [-0.3, -0.25) is 9.59 Å². The van der Waals surface area contributed by atoms with Crippen LogP contribution in [-0.2, 0) is 11.4 Å². The smallest absolute Gasteiger partial charge is 0.303 e. The van der Waals surface area contributed by atoms with E-state index in [9.17, 15) is 14.0 Å². The van der Waals surface area contributed by atoms with Gasteiger partial charge in [-0.05, 0) is 54.3 Å². The summed E-state index contributed by atoms with van der Waals surface area (Å²) >= 11 is 0. The molecule has 30 heavy (non-hydrogen) atoms. The molecule has 0 amide bonds. The maximum absolute atomic E-state index is 13.3. The molecule has 0 saturated heterocycles. The third-order valence-electron chi connectivity index (χ3n) is 4.94. The lowest BCUT2D eigenvalue weighted by atomic mass is 9.85. The standard InChI is InChI=1S/C25H23FO4/c1-17-6-2-3-11-22(17)23(12-13-24(27)28)25(29)19-8-5-10-21(15-19)30-16-18-7-4-9-20(26)14-18/h2-11,14-15,23H,12-13,16H2,1H3,(H,27,28). The number of halogens is 1. The van der Waals surface area contributed by atoms with Crippen LogP contribution in [0.25, 0.3) is 0 Å². The van der Waals surface area contributed by atoms with E-state index in [2.05, 4.69) is 0 Å². The van der Waals surface area contributed by atoms with Crippen molar-refractivity contribution in [1.29, 1.82) is 0 Å². The summed E-state index contributed by atoms with van der Waals surface area (Å²) in [6.45, 7) is 2.09. The third kappa shape index (κ3) is 5.54. The Morgan fingerprint density at radius 1 is 1.00 bits per heavy atom. The van der Waals surface area contributed by atoms with Gasteiger partial charge in [0.05, 0.1) is 0 Å². The normalized spacial score (nSPS) is 11.7. The summed E-state index contributed by atoms with van der Waals surface area (Å²) in [6.07, 6.45) is 0.119. The molecule has 0 fully saturated rings. The highest BCUT2D eigenvalue weighted by atomic mass is 19.1. The first-order valence-electron chi connectivity index (χ1n) is 9.73. The molecule has 3 aromatic rings. The van der Waals surface area contributed by atoms with Crippen LogP contribution in [0, 0.1) is 12.7 Å². The number of aryl methyl sites for hydroxylation is 1. The fourth-order valence-electron chi connectivity index (χ4n) is 3.41. The fourth-order valence-corrected chi connectivity index (χ4v) is 3.41. The first-order valence-corrected chi connectivity index (χ1v) is 9.73. The van der Waals surface area contributed by atoms with E-state index in [4.69, 9.17) is 9.84 Å². The van der Waals surface area contributed by atoms with E-state index in [-0.39, 0.29) is 31.0 Å². The minimum absolute atomic E-state index is 0.0967. The van der Waals surface area contributed by atoms with E-state index in [1.807, 2.05) is 31.2 Å². The summed E-state index contributed by atoms with van der Waals surface area (Å²) in [5, 5.41) is 9.11. The van der Waals surface area contributed by atoms with Crippen LogP contribution in [-0.4, -0.2) is 16.9 Å². The van der Waals surface area contributed by atoms with Gasteiger partial charge in [-0.15, -0.1) is 0 Å². The second-order valence-electron chi connectivity index (χ2n) is 7.15. The van der Waals surface area contributed by atoms with E-state index in [0.717, 1.165) is 11.1 Å². The molecule has 0 saturated carbocycles. The lowest BCUT2D eigenvalue weighted by Gasteiger charge is -2.18. The SMILES string of the molecule is Cc1ccccc1C(CCC(=O)O)C(=O)c1cccc(OCc2cccc(F)c2)c1. The number of carboxylic acids is 1. The predicted octanol–water partition coefficient (Wildman–Crippen LogP) is 5.54. The second-order valence-corrected chi connectivity index (χ2v) is 7.15. The summed E-state index contributed by atoms with van der Waals surface area (Å²) < 4.78 is 19.1. The highest BCUT2D eigenvalue weighted by molar-refractivity contribution is 6.01. The van der Waals surface area contributed by atoms with Crippen LogP contribution in [0.4, 0.5) is 4.39 Å². The van der Waals surface area contributed by atoms with Crippen LogP contribution in [0.5, 0.6) is 5.75 Å². The number of Topliss-reactive ketones (excluding diaryl/α,β-unsaturated/α-hetero) is 1. The number of aliphatic carboxylic acids is 1. The Balaban J connectivity index is 1.81. The zero-order valence-electron chi connectivity index (χ0n) is 16.7. The van der Waals surface area contributed by atoms with E-state index in [0.29, 0.717) is 16.9 Å². The Hall–Kier alpha value is -3.47. The molecule has 0 heterocycles. The Labute approximate surface area is 174 Å². The molecule has 5 heteroatoms. The summed E-state index contributed by atoms with van der Waals surface area (Å²) in [5.41, 5.74) is 2.91. The lowest BCUT2D eigenvalue weighted by Crippen LogP contribution is -2.16. The van der Waals surface area contributed by atoms with E-state index in [1.165, 1.54) is 12.1 Å². The van der Waals surface area contributed by atoms with Gasteiger partial charge < -0.3 is 9.84 Å². The third-order valence-corrected chi connectivity index (χ3v) is 4.94. The molecule has 1 N–H and O–H groups in total. The average molecular weight is 406 g/mol. The second kappa shape index (κ2) is 9.83. The van der Waals surface area contributed by atoms with Crippen molar-refractivity contribution in [3.63, 3.8) is 0 Å². The zero-order chi connectivity index (χ0) is 21.5. The van der Waals surface area contributed by atoms with Gasteiger partial charge in [0.1, 0.15) is 18.2 Å². The molecule has 0 aromatic heterocycles. The van der Waals surface area contributed by atoms with Crippen molar-refractivity contribution in [3.8, 4) is 5.75 Å². The first kappa shape index (κ1) is 21.2. The summed E-state index contributed by atoms with van der Waals surface area (Å²) in [4.78, 5) is 24.4. The molecule has 0 bridgehead atoms. The van der Waals surface area contributed by atoms with E-state index >= 15 is 0 Å². The molecule has 154 valence electrons. The molecular weight excluding hydrogens is 383 g/mol. The number of benzene rings is 3. The summed E-state index contributed by atoms with van der Waals surface area (Å²) in [7, 11) is 0. The number of carboxylic acid groups (broad SMARTS) is 1. The minimum atomic E-state index is -0.937. The van der Waals surface area contributed by atoms with Crippen molar-refractivity contribution in [1.82, 2.24) is 0 Å². The molecule has 4 nitrogen and oxygen atoms in total. The highest BCUT2D eigenvalue weighted by Gasteiger charge is 2.24. The maximum atomic E-state index is 13.3. The Morgan fingerprint density at radius 3 is 2.50 bits per heavy atom. The van der Waals surface area contributed by atoms with Crippen molar-refractivity contribution in [3.05, 3.63) is 101 Å². The largest absolute Gasteiger partial charge is 0.489 e. The van der Waals surface area contributed by atoms with Gasteiger partial charge in [-0.2, -0.15) is 0 Å². The van der Waals surface area contributed by atoms with Crippen LogP contribution in [0.3, 0.4) is 0 Å². The van der Waals surface area contributed by atoms with Crippen LogP contribution < -0.4 is 4.74 Å². The van der Waals surface area contributed by atoms with Gasteiger partial charge in [0.2, 0.25) is 0 Å². The van der Waals surface area contributed by atoms with Crippen molar-refractivity contribution in [2.45, 2.75) is 32.3 Å². The monoisotopic (exact) mass is 406 g/mol. The topological polar surface area (TPSA) is 63.6 Å². The molecule has 0 aliphatic heterocycles. The molecule has 0 radical (unpaired) electrons. The van der Waals surface area contributed by atoms with Crippen LogP contribution in [0.15, 0.2) is 72.8 Å². The van der Waals surface area contributed by atoms with E-state index in [1.54, 1.807) is 36.4 Å². The fraction of sp³-hybridized carbons (Fsp3) is 0.200. The number of carbonyl (C=O) groups is 2. The number of ketones is 1. The molecule has 0 spiro atoms. The molecule has 1 unspecified atom stereocenters. The van der Waals surface area contributed by atoms with Crippen molar-refractivity contribution in [2.75, 3.05) is 0 Å². The Morgan fingerprint density at radius 2 is 1.77 bits per heavy atom. The number of rotatable bonds is 9. The van der Waals surface area contributed by atoms with Crippen molar-refractivity contribution >= 4 is 11.8 Å². The molecular formula is C25H23FO4. The molecule has 3 aromatic carbocycles. The Kier molecular flexibility index (Phi) is 6.96. The van der Waals surface area contributed by atoms with Crippen LogP contribution >= 0.6 is 0 Å². The van der Waals surface area contributed by atoms with Crippen LogP contribution in [0.2, 0.25) is 0 Å². The summed E-state index contributed by atoms with van der Waals surface area (Å²) in [6, 6.07) is 20.5. The average Bonchev–Trinajstić information content (AvgIpc) is 2.73. The summed E-state index contributed by atoms with van der Waals surface area (Å²) in [5.74, 6) is -1.48. The maximum Gasteiger partial charge on any atom is 0.303 e. The van der Waals surface area contributed by atoms with Gasteiger partial charge in [0.15, 0.2) is 5.78 Å². The number of ether oxygens (including phenoxy) is 1. The number of carbonyl (C=O) groups excluding carboxylic acids is 1. The van der Waals surface area contributed by atoms with Gasteiger partial charge in [0.25, 0.3) is 0 Å². The molecule has 0 aliphatic carbocycles. The van der Waals surface area contributed by atoms with Gasteiger partial charge >= 0.3 is 5.97 Å². The minimum Gasteiger partial charge on any atom is -0.489 e. The highest BCUT2D eigenvalue weighted by Crippen LogP contribution is 2.29. The lowest BCUT2D eigenvalue weighted by molar-refractivity contribution is -0.137. The number of hydrogen-bond donors (Lipinski definition) is 1. The molecule has 3 rings (SSSR count). The Bertz CT molecular complexity index is 1040.